The summed E-state index contributed by atoms with van der Waals surface area (Å²) in [6.45, 7) is 7.64. The first-order chi connectivity index (χ1) is 8.83. The number of phenols is 1. The number of nitrogens with one attached hydrogen (secondary N) is 1. The van der Waals surface area contributed by atoms with E-state index in [4.69, 9.17) is 4.74 Å². The SMILES string of the molecule is CCC(NCC(=O)OC(C)(C)C)c1ccccc1O. The summed E-state index contributed by atoms with van der Waals surface area (Å²) in [5, 5.41) is 12.9. The third-order valence-corrected chi connectivity index (χ3v) is 2.63. The Labute approximate surface area is 114 Å². The highest BCUT2D eigenvalue weighted by molar-refractivity contribution is 5.72. The van der Waals surface area contributed by atoms with E-state index in [1.807, 2.05) is 39.8 Å². The summed E-state index contributed by atoms with van der Waals surface area (Å²) >= 11 is 0. The van der Waals surface area contributed by atoms with Crippen LogP contribution in [0.15, 0.2) is 24.3 Å². The van der Waals surface area contributed by atoms with Crippen LogP contribution in [-0.2, 0) is 9.53 Å². The van der Waals surface area contributed by atoms with Gasteiger partial charge in [0.15, 0.2) is 0 Å². The summed E-state index contributed by atoms with van der Waals surface area (Å²) in [6, 6.07) is 7.08. The molecule has 0 radical (unpaired) electrons. The fourth-order valence-corrected chi connectivity index (χ4v) is 1.84. The first kappa shape index (κ1) is 15.5. The fraction of sp³-hybridized carbons (Fsp3) is 0.533. The standard InChI is InChI=1S/C15H23NO3/c1-5-12(11-8-6-7-9-13(11)17)16-10-14(18)19-15(2,3)4/h6-9,12,16-17H,5,10H2,1-4H3. The minimum atomic E-state index is -0.477. The number of hydrogen-bond donors (Lipinski definition) is 2. The first-order valence-electron chi connectivity index (χ1n) is 6.56. The average molecular weight is 265 g/mol. The Morgan fingerprint density at radius 2 is 2.00 bits per heavy atom. The molecule has 1 aromatic rings. The van der Waals surface area contributed by atoms with Crippen molar-refractivity contribution < 1.29 is 14.6 Å². The maximum Gasteiger partial charge on any atom is 0.320 e. The molecule has 0 spiro atoms. The third kappa shape index (κ3) is 5.30. The molecule has 0 heterocycles. The van der Waals surface area contributed by atoms with E-state index in [0.717, 1.165) is 12.0 Å². The van der Waals surface area contributed by atoms with Crippen LogP contribution in [0.4, 0.5) is 0 Å². The lowest BCUT2D eigenvalue weighted by Crippen LogP contribution is -2.33. The van der Waals surface area contributed by atoms with E-state index in [1.54, 1.807) is 12.1 Å². The van der Waals surface area contributed by atoms with E-state index in [1.165, 1.54) is 0 Å². The minimum absolute atomic E-state index is 0.0614. The van der Waals surface area contributed by atoms with Crippen LogP contribution in [0.25, 0.3) is 0 Å². The van der Waals surface area contributed by atoms with Gasteiger partial charge < -0.3 is 9.84 Å². The molecule has 0 saturated carbocycles. The lowest BCUT2D eigenvalue weighted by atomic mass is 10.0. The molecule has 0 saturated heterocycles. The van der Waals surface area contributed by atoms with E-state index >= 15 is 0 Å². The van der Waals surface area contributed by atoms with Gasteiger partial charge in [-0.2, -0.15) is 0 Å². The van der Waals surface area contributed by atoms with Crippen molar-refractivity contribution in [2.45, 2.75) is 45.8 Å². The second-order valence-electron chi connectivity index (χ2n) is 5.49. The molecule has 0 fully saturated rings. The van der Waals surface area contributed by atoms with E-state index in [9.17, 15) is 9.90 Å². The topological polar surface area (TPSA) is 58.6 Å². The lowest BCUT2D eigenvalue weighted by Gasteiger charge is -2.22. The summed E-state index contributed by atoms with van der Waals surface area (Å²) in [5.41, 5.74) is 0.323. The molecule has 1 unspecified atom stereocenters. The van der Waals surface area contributed by atoms with Crippen molar-refractivity contribution in [3.05, 3.63) is 29.8 Å². The number of phenolic OH excluding ortho intramolecular Hbond substituents is 1. The zero-order chi connectivity index (χ0) is 14.5. The Bertz CT molecular complexity index is 424. The first-order valence-corrected chi connectivity index (χ1v) is 6.56. The van der Waals surface area contributed by atoms with Crippen molar-refractivity contribution in [1.29, 1.82) is 0 Å². The van der Waals surface area contributed by atoms with Crippen LogP contribution >= 0.6 is 0 Å². The van der Waals surface area contributed by atoms with E-state index in [0.29, 0.717) is 0 Å². The van der Waals surface area contributed by atoms with Crippen LogP contribution in [0.5, 0.6) is 5.75 Å². The summed E-state index contributed by atoms with van der Waals surface area (Å²) in [5.74, 6) is -0.0487. The number of hydrogen-bond acceptors (Lipinski definition) is 4. The molecule has 0 aromatic heterocycles. The summed E-state index contributed by atoms with van der Waals surface area (Å²) in [6.07, 6.45) is 0.778. The molecular weight excluding hydrogens is 242 g/mol. The van der Waals surface area contributed by atoms with Gasteiger partial charge >= 0.3 is 5.97 Å². The largest absolute Gasteiger partial charge is 0.508 e. The molecule has 0 aliphatic heterocycles. The van der Waals surface area contributed by atoms with Crippen LogP contribution in [-0.4, -0.2) is 23.2 Å². The Morgan fingerprint density at radius 1 is 1.37 bits per heavy atom. The van der Waals surface area contributed by atoms with Gasteiger partial charge in [0.1, 0.15) is 11.4 Å². The Hall–Kier alpha value is -1.55. The molecule has 0 aliphatic carbocycles. The van der Waals surface area contributed by atoms with Crippen molar-refractivity contribution in [1.82, 2.24) is 5.32 Å². The molecular formula is C15H23NO3. The normalized spacial score (nSPS) is 13.1. The predicted molar refractivity (Wildman–Crippen MR) is 75.0 cm³/mol. The fourth-order valence-electron chi connectivity index (χ4n) is 1.84. The highest BCUT2D eigenvalue weighted by Crippen LogP contribution is 2.25. The van der Waals surface area contributed by atoms with Crippen LogP contribution in [0.3, 0.4) is 0 Å². The molecule has 0 amide bonds. The summed E-state index contributed by atoms with van der Waals surface area (Å²) in [4.78, 5) is 11.6. The molecule has 0 aliphatic rings. The van der Waals surface area contributed by atoms with Gasteiger partial charge in [0.25, 0.3) is 0 Å². The van der Waals surface area contributed by atoms with Gasteiger partial charge in [-0.1, -0.05) is 25.1 Å². The van der Waals surface area contributed by atoms with Gasteiger partial charge in [-0.15, -0.1) is 0 Å². The molecule has 2 N–H and O–H groups in total. The summed E-state index contributed by atoms with van der Waals surface area (Å²) in [7, 11) is 0. The van der Waals surface area contributed by atoms with Gasteiger partial charge in [0.2, 0.25) is 0 Å². The third-order valence-electron chi connectivity index (χ3n) is 2.63. The van der Waals surface area contributed by atoms with Crippen LogP contribution in [0.2, 0.25) is 0 Å². The number of rotatable bonds is 5. The highest BCUT2D eigenvalue weighted by Gasteiger charge is 2.18. The smallest absolute Gasteiger partial charge is 0.320 e. The van der Waals surface area contributed by atoms with Gasteiger partial charge in [0, 0.05) is 11.6 Å². The maximum atomic E-state index is 11.6. The summed E-state index contributed by atoms with van der Waals surface area (Å²) < 4.78 is 5.23. The van der Waals surface area contributed by atoms with Crippen molar-refractivity contribution >= 4 is 5.97 Å². The van der Waals surface area contributed by atoms with Crippen LogP contribution in [0, 0.1) is 0 Å². The van der Waals surface area contributed by atoms with E-state index in [2.05, 4.69) is 5.32 Å². The molecule has 19 heavy (non-hydrogen) atoms. The number of para-hydroxylation sites is 1. The maximum absolute atomic E-state index is 11.6. The number of aromatic hydroxyl groups is 1. The lowest BCUT2D eigenvalue weighted by molar-refractivity contribution is -0.153. The minimum Gasteiger partial charge on any atom is -0.508 e. The average Bonchev–Trinajstić information content (AvgIpc) is 2.29. The second kappa shape index (κ2) is 6.57. The van der Waals surface area contributed by atoms with Gasteiger partial charge in [0.05, 0.1) is 6.54 Å². The van der Waals surface area contributed by atoms with Crippen molar-refractivity contribution in [2.24, 2.45) is 0 Å². The number of carbonyl (C=O) groups excluding carboxylic acids is 1. The van der Waals surface area contributed by atoms with Crippen molar-refractivity contribution in [2.75, 3.05) is 6.54 Å². The number of esters is 1. The quantitative estimate of drug-likeness (QED) is 0.804. The zero-order valence-electron chi connectivity index (χ0n) is 12.1. The van der Waals surface area contributed by atoms with E-state index in [-0.39, 0.29) is 24.3 Å². The Kier molecular flexibility index (Phi) is 5.36. The second-order valence-corrected chi connectivity index (χ2v) is 5.49. The number of carbonyl (C=O) groups is 1. The molecule has 106 valence electrons. The monoisotopic (exact) mass is 265 g/mol. The molecule has 1 aromatic carbocycles. The van der Waals surface area contributed by atoms with Gasteiger partial charge in [-0.05, 0) is 33.3 Å². The molecule has 1 atom stereocenters. The van der Waals surface area contributed by atoms with Crippen molar-refractivity contribution in [3.63, 3.8) is 0 Å². The van der Waals surface area contributed by atoms with Crippen molar-refractivity contribution in [3.8, 4) is 5.75 Å². The molecule has 4 heteroatoms. The number of benzene rings is 1. The van der Waals surface area contributed by atoms with E-state index < -0.39 is 5.60 Å². The van der Waals surface area contributed by atoms with Gasteiger partial charge in [-0.25, -0.2) is 0 Å². The van der Waals surface area contributed by atoms with Gasteiger partial charge in [-0.3, -0.25) is 10.1 Å². The predicted octanol–water partition coefficient (Wildman–Crippen LogP) is 2.77. The zero-order valence-corrected chi connectivity index (χ0v) is 12.1. The van der Waals surface area contributed by atoms with Crippen LogP contribution < -0.4 is 5.32 Å². The Morgan fingerprint density at radius 3 is 2.53 bits per heavy atom. The Balaban J connectivity index is 2.59. The number of ether oxygens (including phenoxy) is 1. The van der Waals surface area contributed by atoms with Crippen LogP contribution in [0.1, 0.15) is 45.7 Å². The molecule has 1 rings (SSSR count). The molecule has 0 bridgehead atoms. The molecule has 4 nitrogen and oxygen atoms in total. The highest BCUT2D eigenvalue weighted by atomic mass is 16.6.